The normalized spacial score (nSPS) is 10.7. The average Bonchev–Trinajstić information content (AvgIpc) is 3.09. The van der Waals surface area contributed by atoms with E-state index in [1.807, 2.05) is 11.4 Å². The van der Waals surface area contributed by atoms with Gasteiger partial charge in [0.05, 0.1) is 19.2 Å². The molecule has 21 heavy (non-hydrogen) atoms. The molecule has 3 aromatic rings. The van der Waals surface area contributed by atoms with Gasteiger partial charge in [0.25, 0.3) is 0 Å². The van der Waals surface area contributed by atoms with Crippen LogP contribution in [0.2, 0.25) is 0 Å². The SMILES string of the molecule is COc1ccc(Cc2noc(Cc3csc(N)n3)n2)cn1. The van der Waals surface area contributed by atoms with Crippen LogP contribution in [-0.4, -0.2) is 27.2 Å². The van der Waals surface area contributed by atoms with Gasteiger partial charge in [-0.1, -0.05) is 11.2 Å². The van der Waals surface area contributed by atoms with Crippen LogP contribution in [-0.2, 0) is 12.8 Å². The third kappa shape index (κ3) is 3.34. The highest BCUT2D eigenvalue weighted by Gasteiger charge is 2.10. The van der Waals surface area contributed by atoms with E-state index < -0.39 is 0 Å². The van der Waals surface area contributed by atoms with Crippen molar-refractivity contribution < 1.29 is 9.26 Å². The standard InChI is InChI=1S/C13H13N5O2S/c1-19-11-3-2-8(6-15-11)4-10-17-12(20-18-10)5-9-7-21-13(14)16-9/h2-3,6-7H,4-5H2,1H3,(H2,14,16). The summed E-state index contributed by atoms with van der Waals surface area (Å²) in [6.07, 6.45) is 2.78. The van der Waals surface area contributed by atoms with Gasteiger partial charge in [0, 0.05) is 24.1 Å². The number of aromatic nitrogens is 4. The molecule has 0 saturated heterocycles. The Morgan fingerprint density at radius 2 is 2.19 bits per heavy atom. The Bertz CT molecular complexity index is 722. The number of nitrogens with zero attached hydrogens (tertiary/aromatic N) is 4. The molecule has 2 N–H and O–H groups in total. The van der Waals surface area contributed by atoms with Crippen molar-refractivity contribution in [3.8, 4) is 5.88 Å². The molecule has 0 amide bonds. The predicted octanol–water partition coefficient (Wildman–Crippen LogP) is 1.69. The molecule has 0 bridgehead atoms. The highest BCUT2D eigenvalue weighted by Crippen LogP contribution is 2.15. The zero-order valence-corrected chi connectivity index (χ0v) is 12.1. The molecule has 0 radical (unpaired) electrons. The second-order valence-electron chi connectivity index (χ2n) is 4.34. The predicted molar refractivity (Wildman–Crippen MR) is 77.2 cm³/mol. The van der Waals surface area contributed by atoms with Crippen molar-refractivity contribution in [2.24, 2.45) is 0 Å². The van der Waals surface area contributed by atoms with Crippen molar-refractivity contribution in [2.75, 3.05) is 12.8 Å². The lowest BCUT2D eigenvalue weighted by Crippen LogP contribution is -1.94. The van der Waals surface area contributed by atoms with E-state index in [9.17, 15) is 0 Å². The van der Waals surface area contributed by atoms with Crippen LogP contribution in [0.15, 0.2) is 28.2 Å². The second-order valence-corrected chi connectivity index (χ2v) is 5.23. The number of thiazole rings is 1. The maximum atomic E-state index is 5.59. The second kappa shape index (κ2) is 5.88. The van der Waals surface area contributed by atoms with E-state index in [1.165, 1.54) is 11.3 Å². The molecule has 0 saturated carbocycles. The van der Waals surface area contributed by atoms with Gasteiger partial charge in [-0.2, -0.15) is 4.98 Å². The van der Waals surface area contributed by atoms with Gasteiger partial charge in [-0.15, -0.1) is 11.3 Å². The Morgan fingerprint density at radius 3 is 2.86 bits per heavy atom. The molecule has 0 aliphatic rings. The van der Waals surface area contributed by atoms with Crippen molar-refractivity contribution >= 4 is 16.5 Å². The van der Waals surface area contributed by atoms with Gasteiger partial charge in [-0.3, -0.25) is 0 Å². The van der Waals surface area contributed by atoms with Crippen LogP contribution in [0.3, 0.4) is 0 Å². The van der Waals surface area contributed by atoms with Crippen molar-refractivity contribution in [1.29, 1.82) is 0 Å². The Morgan fingerprint density at radius 1 is 1.29 bits per heavy atom. The molecule has 0 spiro atoms. The first kappa shape index (κ1) is 13.5. The molecule has 8 heteroatoms. The van der Waals surface area contributed by atoms with Gasteiger partial charge in [0.1, 0.15) is 0 Å². The van der Waals surface area contributed by atoms with E-state index in [0.29, 0.717) is 35.6 Å². The first-order chi connectivity index (χ1) is 10.2. The van der Waals surface area contributed by atoms with Crippen LogP contribution >= 0.6 is 11.3 Å². The van der Waals surface area contributed by atoms with Gasteiger partial charge in [-0.05, 0) is 5.56 Å². The van der Waals surface area contributed by atoms with Gasteiger partial charge >= 0.3 is 0 Å². The average molecular weight is 303 g/mol. The number of rotatable bonds is 5. The minimum Gasteiger partial charge on any atom is -0.481 e. The Balaban J connectivity index is 1.66. The minimum absolute atomic E-state index is 0.488. The van der Waals surface area contributed by atoms with Crippen LogP contribution in [0.5, 0.6) is 5.88 Å². The molecule has 0 unspecified atom stereocenters. The van der Waals surface area contributed by atoms with Crippen LogP contribution in [0.4, 0.5) is 5.13 Å². The molecule has 3 rings (SSSR count). The third-order valence-electron chi connectivity index (χ3n) is 2.78. The number of nitrogen functional groups attached to an aromatic ring is 1. The number of ether oxygens (including phenoxy) is 1. The van der Waals surface area contributed by atoms with E-state index in [1.54, 1.807) is 19.4 Å². The maximum Gasteiger partial charge on any atom is 0.232 e. The fraction of sp³-hybridized carbons (Fsp3) is 0.231. The molecule has 108 valence electrons. The summed E-state index contributed by atoms with van der Waals surface area (Å²) in [5.41, 5.74) is 7.41. The number of nitrogens with two attached hydrogens (primary N) is 1. The summed E-state index contributed by atoms with van der Waals surface area (Å²) in [5, 5.41) is 6.37. The van der Waals surface area contributed by atoms with Crippen molar-refractivity contribution in [2.45, 2.75) is 12.8 Å². The smallest absolute Gasteiger partial charge is 0.232 e. The molecular formula is C13H13N5O2S. The van der Waals surface area contributed by atoms with Gasteiger partial charge < -0.3 is 15.0 Å². The lowest BCUT2D eigenvalue weighted by Gasteiger charge is -1.99. The lowest BCUT2D eigenvalue weighted by molar-refractivity contribution is 0.379. The van der Waals surface area contributed by atoms with E-state index in [0.717, 1.165) is 11.3 Å². The van der Waals surface area contributed by atoms with Crippen LogP contribution in [0.25, 0.3) is 0 Å². The van der Waals surface area contributed by atoms with Crippen molar-refractivity contribution in [3.05, 3.63) is 46.7 Å². The van der Waals surface area contributed by atoms with E-state index >= 15 is 0 Å². The van der Waals surface area contributed by atoms with Crippen LogP contribution in [0, 0.1) is 0 Å². The highest BCUT2D eigenvalue weighted by atomic mass is 32.1. The number of methoxy groups -OCH3 is 1. The third-order valence-corrected chi connectivity index (χ3v) is 3.50. The Kier molecular flexibility index (Phi) is 3.78. The summed E-state index contributed by atoms with van der Waals surface area (Å²) in [6.45, 7) is 0. The molecule has 0 aromatic carbocycles. The zero-order chi connectivity index (χ0) is 14.7. The summed E-state index contributed by atoms with van der Waals surface area (Å²) >= 11 is 1.39. The molecule has 0 aliphatic heterocycles. The Labute approximate surface area is 124 Å². The maximum absolute atomic E-state index is 5.59. The fourth-order valence-electron chi connectivity index (χ4n) is 1.81. The summed E-state index contributed by atoms with van der Waals surface area (Å²) in [7, 11) is 1.58. The molecule has 0 fully saturated rings. The lowest BCUT2D eigenvalue weighted by atomic mass is 10.2. The summed E-state index contributed by atoms with van der Waals surface area (Å²) in [5.74, 6) is 1.71. The van der Waals surface area contributed by atoms with E-state index in [4.69, 9.17) is 15.0 Å². The number of anilines is 1. The molecule has 3 heterocycles. The molecular weight excluding hydrogens is 290 g/mol. The summed E-state index contributed by atoms with van der Waals surface area (Å²) < 4.78 is 10.2. The number of hydrogen-bond donors (Lipinski definition) is 1. The van der Waals surface area contributed by atoms with Gasteiger partial charge in [0.15, 0.2) is 11.0 Å². The largest absolute Gasteiger partial charge is 0.481 e. The minimum atomic E-state index is 0.488. The zero-order valence-electron chi connectivity index (χ0n) is 11.3. The van der Waals surface area contributed by atoms with Crippen molar-refractivity contribution in [1.82, 2.24) is 20.1 Å². The summed E-state index contributed by atoms with van der Waals surface area (Å²) in [4.78, 5) is 12.6. The Hall–Kier alpha value is -2.48. The topological polar surface area (TPSA) is 100.0 Å². The quantitative estimate of drug-likeness (QED) is 0.765. The molecule has 3 aromatic heterocycles. The van der Waals surface area contributed by atoms with Crippen LogP contribution < -0.4 is 10.5 Å². The first-order valence-electron chi connectivity index (χ1n) is 6.23. The van der Waals surface area contributed by atoms with Crippen LogP contribution in [0.1, 0.15) is 23.0 Å². The first-order valence-corrected chi connectivity index (χ1v) is 7.11. The molecule has 0 atom stereocenters. The summed E-state index contributed by atoms with van der Waals surface area (Å²) in [6, 6.07) is 3.72. The van der Waals surface area contributed by atoms with E-state index in [2.05, 4.69) is 20.1 Å². The highest BCUT2D eigenvalue weighted by molar-refractivity contribution is 7.13. The number of pyridine rings is 1. The van der Waals surface area contributed by atoms with E-state index in [-0.39, 0.29) is 0 Å². The molecule has 0 aliphatic carbocycles. The van der Waals surface area contributed by atoms with Gasteiger partial charge in [0.2, 0.25) is 11.8 Å². The number of hydrogen-bond acceptors (Lipinski definition) is 8. The monoisotopic (exact) mass is 303 g/mol. The fourth-order valence-corrected chi connectivity index (χ4v) is 2.37. The van der Waals surface area contributed by atoms with Gasteiger partial charge in [-0.25, -0.2) is 9.97 Å². The molecule has 7 nitrogen and oxygen atoms in total. The van der Waals surface area contributed by atoms with Crippen molar-refractivity contribution in [3.63, 3.8) is 0 Å².